The summed E-state index contributed by atoms with van der Waals surface area (Å²) in [7, 11) is 3.63. The van der Waals surface area contributed by atoms with Crippen molar-refractivity contribution >= 4 is 31.9 Å². The molecule has 0 aromatic carbocycles. The second-order valence-electron chi connectivity index (χ2n) is 5.23. The lowest BCUT2D eigenvalue weighted by molar-refractivity contribution is 0.655. The normalized spacial score (nSPS) is 10.3. The Balaban J connectivity index is 0.000000151. The van der Waals surface area contributed by atoms with Gasteiger partial charge in [-0.05, 0) is 56.1 Å². The monoisotopic (exact) mass is 476 g/mol. The third-order valence-corrected chi connectivity index (χ3v) is 4.11. The summed E-state index contributed by atoms with van der Waals surface area (Å²) >= 11 is 6.60. The zero-order valence-electron chi connectivity index (χ0n) is 14.0. The molecular weight excluding hydrogens is 464 g/mol. The highest BCUT2D eigenvalue weighted by Crippen LogP contribution is 2.19. The lowest BCUT2D eigenvalue weighted by atomic mass is 10.2. The molecule has 0 aliphatic rings. The second kappa shape index (κ2) is 8.28. The Bertz CT molecular complexity index is 929. The summed E-state index contributed by atoms with van der Waals surface area (Å²) in [6.45, 7) is 0. The quantitative estimate of drug-likeness (QED) is 0.412. The molecule has 0 unspecified atom stereocenters. The van der Waals surface area contributed by atoms with Gasteiger partial charge in [0, 0.05) is 37.6 Å². The molecule has 0 N–H and O–H groups in total. The first-order chi connectivity index (χ1) is 12.5. The minimum atomic E-state index is 0.802. The smallest absolute Gasteiger partial charge is 0.113 e. The molecule has 0 fully saturated rings. The van der Waals surface area contributed by atoms with Gasteiger partial charge in [-0.25, -0.2) is 9.97 Å². The van der Waals surface area contributed by atoms with Crippen LogP contribution in [0.1, 0.15) is 0 Å². The lowest BCUT2D eigenvalue weighted by Gasteiger charge is -1.94. The van der Waals surface area contributed by atoms with Gasteiger partial charge in [0.05, 0.1) is 12.4 Å². The van der Waals surface area contributed by atoms with Crippen LogP contribution in [-0.2, 0) is 14.1 Å². The van der Waals surface area contributed by atoms with Crippen molar-refractivity contribution in [3.8, 4) is 22.5 Å². The van der Waals surface area contributed by atoms with E-state index in [4.69, 9.17) is 0 Å². The molecule has 4 aromatic rings. The van der Waals surface area contributed by atoms with E-state index in [0.717, 1.165) is 31.7 Å². The fourth-order valence-corrected chi connectivity index (χ4v) is 2.81. The predicted octanol–water partition coefficient (Wildman–Crippen LogP) is 3.28. The molecule has 0 amide bonds. The molecule has 4 rings (SSSR count). The van der Waals surface area contributed by atoms with Gasteiger partial charge in [0.1, 0.15) is 20.6 Å². The predicted molar refractivity (Wildman–Crippen MR) is 104 cm³/mol. The maximum absolute atomic E-state index is 4.18. The van der Waals surface area contributed by atoms with Gasteiger partial charge in [0.2, 0.25) is 0 Å². The average molecular weight is 478 g/mol. The summed E-state index contributed by atoms with van der Waals surface area (Å²) in [6.07, 6.45) is 7.05. The van der Waals surface area contributed by atoms with Crippen molar-refractivity contribution in [2.75, 3.05) is 0 Å². The van der Waals surface area contributed by atoms with Crippen molar-refractivity contribution in [3.63, 3.8) is 0 Å². The van der Waals surface area contributed by atoms with Crippen LogP contribution >= 0.6 is 31.9 Å². The summed E-state index contributed by atoms with van der Waals surface area (Å²) < 4.78 is 3.27. The molecule has 4 heterocycles. The average Bonchev–Trinajstić information content (AvgIpc) is 3.24. The maximum Gasteiger partial charge on any atom is 0.113 e. The number of rotatable bonds is 2. The van der Waals surface area contributed by atoms with Gasteiger partial charge < -0.3 is 0 Å². The SMILES string of the molecule is Cn1cc(-c2ccnc(Br)c2)nn1.Cn1ncc(-c2ccnc(Br)c2)n1. The molecule has 0 aliphatic heterocycles. The first kappa shape index (κ1) is 18.3. The van der Waals surface area contributed by atoms with E-state index in [1.54, 1.807) is 30.3 Å². The van der Waals surface area contributed by atoms with E-state index < -0.39 is 0 Å². The van der Waals surface area contributed by atoms with E-state index in [9.17, 15) is 0 Å². The van der Waals surface area contributed by atoms with Gasteiger partial charge in [0.15, 0.2) is 0 Å². The number of aryl methyl sites for hydroxylation is 2. The molecule has 0 saturated heterocycles. The molecule has 8 nitrogen and oxygen atoms in total. The highest BCUT2D eigenvalue weighted by molar-refractivity contribution is 9.10. The van der Waals surface area contributed by atoms with Crippen LogP contribution in [0.3, 0.4) is 0 Å². The summed E-state index contributed by atoms with van der Waals surface area (Å²) in [5.74, 6) is 0. The first-order valence-electron chi connectivity index (χ1n) is 7.48. The number of hydrogen-bond donors (Lipinski definition) is 0. The zero-order chi connectivity index (χ0) is 18.5. The van der Waals surface area contributed by atoms with Crippen LogP contribution < -0.4 is 0 Å². The van der Waals surface area contributed by atoms with Crippen LogP contribution in [0.25, 0.3) is 22.5 Å². The third kappa shape index (κ3) is 4.79. The van der Waals surface area contributed by atoms with E-state index >= 15 is 0 Å². The minimum absolute atomic E-state index is 0.802. The summed E-state index contributed by atoms with van der Waals surface area (Å²) in [5, 5.41) is 16.0. The van der Waals surface area contributed by atoms with Crippen LogP contribution in [0.2, 0.25) is 0 Å². The molecule has 0 spiro atoms. The van der Waals surface area contributed by atoms with E-state index in [0.29, 0.717) is 0 Å². The van der Waals surface area contributed by atoms with Gasteiger partial charge in [-0.3, -0.25) is 4.68 Å². The van der Waals surface area contributed by atoms with E-state index in [-0.39, 0.29) is 0 Å². The highest BCUT2D eigenvalue weighted by Gasteiger charge is 2.03. The highest BCUT2D eigenvalue weighted by atomic mass is 79.9. The van der Waals surface area contributed by atoms with Gasteiger partial charge in [-0.1, -0.05) is 5.21 Å². The largest absolute Gasteiger partial charge is 0.255 e. The molecule has 26 heavy (non-hydrogen) atoms. The maximum atomic E-state index is 4.18. The Labute approximate surface area is 166 Å². The summed E-state index contributed by atoms with van der Waals surface area (Å²) in [6, 6.07) is 7.61. The fourth-order valence-electron chi connectivity index (χ4n) is 2.08. The van der Waals surface area contributed by atoms with Crippen molar-refractivity contribution in [1.82, 2.24) is 40.0 Å². The molecule has 0 radical (unpaired) electrons. The van der Waals surface area contributed by atoms with Crippen LogP contribution in [0.5, 0.6) is 0 Å². The van der Waals surface area contributed by atoms with Gasteiger partial charge >= 0.3 is 0 Å². The Hall–Kier alpha value is -2.46. The van der Waals surface area contributed by atoms with E-state index in [2.05, 4.69) is 62.3 Å². The molecule has 0 atom stereocenters. The van der Waals surface area contributed by atoms with Crippen LogP contribution in [0, 0.1) is 0 Å². The molecule has 4 aromatic heterocycles. The topological polar surface area (TPSA) is 87.2 Å². The van der Waals surface area contributed by atoms with Gasteiger partial charge in [-0.2, -0.15) is 15.0 Å². The number of nitrogens with zero attached hydrogens (tertiary/aromatic N) is 8. The van der Waals surface area contributed by atoms with E-state index in [1.165, 1.54) is 4.80 Å². The van der Waals surface area contributed by atoms with Crippen LogP contribution in [-0.4, -0.2) is 40.0 Å². The van der Waals surface area contributed by atoms with Crippen LogP contribution in [0.4, 0.5) is 0 Å². The first-order valence-corrected chi connectivity index (χ1v) is 9.06. The molecule has 0 aliphatic carbocycles. The Kier molecular flexibility index (Phi) is 5.84. The molecule has 0 bridgehead atoms. The number of halogens is 2. The zero-order valence-corrected chi connectivity index (χ0v) is 17.1. The molecular formula is C16H14Br2N8. The lowest BCUT2D eigenvalue weighted by Crippen LogP contribution is -1.91. The van der Waals surface area contributed by atoms with Crippen molar-refractivity contribution < 1.29 is 0 Å². The van der Waals surface area contributed by atoms with Gasteiger partial charge in [-0.15, -0.1) is 5.10 Å². The minimum Gasteiger partial charge on any atom is -0.255 e. The standard InChI is InChI=1S/2C8H7BrN4/c1-13-5-7(11-12-13)6-2-3-10-8(9)4-6;1-13-11-5-7(12-13)6-2-3-10-8(9)4-6/h2*2-5H,1H3. The Morgan fingerprint density at radius 3 is 1.96 bits per heavy atom. The van der Waals surface area contributed by atoms with Gasteiger partial charge in [0.25, 0.3) is 0 Å². The fraction of sp³-hybridized carbons (Fsp3) is 0.125. The van der Waals surface area contributed by atoms with Crippen molar-refractivity contribution in [1.29, 1.82) is 0 Å². The summed E-state index contributed by atoms with van der Waals surface area (Å²) in [4.78, 5) is 9.60. The van der Waals surface area contributed by atoms with Crippen molar-refractivity contribution in [2.45, 2.75) is 0 Å². The Morgan fingerprint density at radius 2 is 1.50 bits per heavy atom. The third-order valence-electron chi connectivity index (χ3n) is 3.25. The molecule has 132 valence electrons. The number of hydrogen-bond acceptors (Lipinski definition) is 6. The summed E-state index contributed by atoms with van der Waals surface area (Å²) in [5.41, 5.74) is 3.72. The van der Waals surface area contributed by atoms with Crippen molar-refractivity contribution in [3.05, 3.63) is 58.3 Å². The second-order valence-corrected chi connectivity index (χ2v) is 6.86. The Morgan fingerprint density at radius 1 is 0.885 bits per heavy atom. The van der Waals surface area contributed by atoms with E-state index in [1.807, 2.05) is 37.5 Å². The van der Waals surface area contributed by atoms with Crippen molar-refractivity contribution in [2.24, 2.45) is 14.1 Å². The van der Waals surface area contributed by atoms with Crippen LogP contribution in [0.15, 0.2) is 58.3 Å². The number of pyridine rings is 2. The number of aromatic nitrogens is 8. The molecule has 10 heteroatoms. The molecule has 0 saturated carbocycles.